The number of fused-ring (bicyclic) bond motifs is 1. The summed E-state index contributed by atoms with van der Waals surface area (Å²) in [7, 11) is -2.29. The van der Waals surface area contributed by atoms with Crippen molar-refractivity contribution in [3.8, 4) is 0 Å². The van der Waals surface area contributed by atoms with Gasteiger partial charge in [-0.1, -0.05) is 20.8 Å². The largest absolute Gasteiger partial charge is 0.381 e. The molecule has 1 atom stereocenters. The van der Waals surface area contributed by atoms with E-state index in [1.54, 1.807) is 12.1 Å². The minimum absolute atomic E-state index is 0.123. The zero-order chi connectivity index (χ0) is 26.8. The monoisotopic (exact) mass is 527 g/mol. The maximum atomic E-state index is 13.4. The normalized spacial score (nSPS) is 16.9. The summed E-state index contributed by atoms with van der Waals surface area (Å²) < 4.78 is 36.0. The SMILES string of the molecule is CN(c1ccc2c(c1)nc(C(C)(C)C)n2CC1CCCOCC1)S(=O)(=O)c1ccc(NC(=O)CN)cc1. The number of nitrogens with zero attached hydrogens (tertiary/aromatic N) is 3. The van der Waals surface area contributed by atoms with Gasteiger partial charge in [0.1, 0.15) is 5.82 Å². The maximum absolute atomic E-state index is 13.4. The number of nitrogens with two attached hydrogens (primary N) is 1. The third-order valence-corrected chi connectivity index (χ3v) is 8.56. The molecule has 1 fully saturated rings. The van der Waals surface area contributed by atoms with Crippen molar-refractivity contribution < 1.29 is 17.9 Å². The Kier molecular flexibility index (Phi) is 7.91. The molecule has 200 valence electrons. The Labute approximate surface area is 219 Å². The lowest BCUT2D eigenvalue weighted by Crippen LogP contribution is -2.26. The van der Waals surface area contributed by atoms with E-state index in [4.69, 9.17) is 15.5 Å². The lowest BCUT2D eigenvalue weighted by atomic mass is 9.94. The van der Waals surface area contributed by atoms with Crippen LogP contribution in [0.1, 0.15) is 45.9 Å². The molecule has 1 amide bonds. The average Bonchev–Trinajstić information content (AvgIpc) is 3.03. The molecule has 1 unspecified atom stereocenters. The van der Waals surface area contributed by atoms with E-state index in [-0.39, 0.29) is 22.8 Å². The molecular weight excluding hydrogens is 490 g/mol. The van der Waals surface area contributed by atoms with Gasteiger partial charge in [-0.25, -0.2) is 13.4 Å². The lowest BCUT2D eigenvalue weighted by Gasteiger charge is -2.23. The number of nitrogens with one attached hydrogen (secondary N) is 1. The number of hydrogen-bond acceptors (Lipinski definition) is 6. The summed E-state index contributed by atoms with van der Waals surface area (Å²) in [5.74, 6) is 1.16. The van der Waals surface area contributed by atoms with Crippen LogP contribution in [0, 0.1) is 5.92 Å². The molecule has 37 heavy (non-hydrogen) atoms. The minimum Gasteiger partial charge on any atom is -0.381 e. The van der Waals surface area contributed by atoms with Crippen molar-refractivity contribution in [2.45, 2.75) is 56.9 Å². The molecule has 10 heteroatoms. The Bertz CT molecular complexity index is 1350. The first-order chi connectivity index (χ1) is 17.5. The molecule has 0 spiro atoms. The first kappa shape index (κ1) is 27.1. The molecule has 1 aliphatic heterocycles. The Hall–Kier alpha value is -2.95. The highest BCUT2D eigenvalue weighted by atomic mass is 32.2. The summed E-state index contributed by atoms with van der Waals surface area (Å²) in [5.41, 5.74) is 7.95. The van der Waals surface area contributed by atoms with E-state index in [1.807, 2.05) is 18.2 Å². The van der Waals surface area contributed by atoms with E-state index in [0.29, 0.717) is 17.3 Å². The van der Waals surface area contributed by atoms with Gasteiger partial charge in [0.05, 0.1) is 28.2 Å². The second kappa shape index (κ2) is 10.8. The van der Waals surface area contributed by atoms with Crippen LogP contribution in [0.2, 0.25) is 0 Å². The molecule has 1 saturated heterocycles. The van der Waals surface area contributed by atoms with Crippen LogP contribution in [-0.4, -0.2) is 50.7 Å². The Morgan fingerprint density at radius 2 is 1.89 bits per heavy atom. The number of benzene rings is 2. The van der Waals surface area contributed by atoms with Crippen molar-refractivity contribution in [2.75, 3.05) is 36.4 Å². The molecule has 9 nitrogen and oxygen atoms in total. The van der Waals surface area contributed by atoms with Gasteiger partial charge >= 0.3 is 0 Å². The molecule has 0 aliphatic carbocycles. The third-order valence-electron chi connectivity index (χ3n) is 6.76. The van der Waals surface area contributed by atoms with Gasteiger partial charge < -0.3 is 20.4 Å². The molecule has 3 aromatic rings. The number of carbonyl (C=O) groups is 1. The van der Waals surface area contributed by atoms with E-state index in [1.165, 1.54) is 23.5 Å². The molecule has 4 rings (SSSR count). The number of amides is 1. The van der Waals surface area contributed by atoms with Gasteiger partial charge in [-0.05, 0) is 67.6 Å². The van der Waals surface area contributed by atoms with Crippen LogP contribution in [0.5, 0.6) is 0 Å². The Morgan fingerprint density at radius 3 is 2.57 bits per heavy atom. The van der Waals surface area contributed by atoms with Crippen molar-refractivity contribution in [2.24, 2.45) is 11.7 Å². The topological polar surface area (TPSA) is 120 Å². The second-order valence-corrected chi connectivity index (χ2v) is 12.6. The molecule has 2 aromatic carbocycles. The molecule has 2 heterocycles. The van der Waals surface area contributed by atoms with E-state index in [0.717, 1.165) is 55.9 Å². The Morgan fingerprint density at radius 1 is 1.16 bits per heavy atom. The summed E-state index contributed by atoms with van der Waals surface area (Å²) in [6.07, 6.45) is 3.21. The summed E-state index contributed by atoms with van der Waals surface area (Å²) in [6, 6.07) is 11.7. The van der Waals surface area contributed by atoms with E-state index >= 15 is 0 Å². The first-order valence-corrected chi connectivity index (χ1v) is 14.1. The van der Waals surface area contributed by atoms with E-state index in [2.05, 4.69) is 30.7 Å². The van der Waals surface area contributed by atoms with Gasteiger partial charge in [0, 0.05) is 37.9 Å². The van der Waals surface area contributed by atoms with Gasteiger partial charge in [-0.3, -0.25) is 9.10 Å². The van der Waals surface area contributed by atoms with Gasteiger partial charge in [0.25, 0.3) is 10.0 Å². The molecule has 0 radical (unpaired) electrons. The van der Waals surface area contributed by atoms with Gasteiger partial charge in [0.15, 0.2) is 0 Å². The van der Waals surface area contributed by atoms with Crippen LogP contribution >= 0.6 is 0 Å². The molecular formula is C27H37N5O4S. The predicted molar refractivity (Wildman–Crippen MR) is 146 cm³/mol. The standard InChI is InChI=1S/C27H37N5O4S/c1-27(2,3)26-30-23-16-21(9-12-24(23)32(26)18-19-6-5-14-36-15-13-19)31(4)37(34,35)22-10-7-20(8-11-22)29-25(33)17-28/h7-12,16,19H,5-6,13-15,17-18,28H2,1-4H3,(H,29,33). The number of anilines is 2. The van der Waals surface area contributed by atoms with Crippen LogP contribution in [0.4, 0.5) is 11.4 Å². The minimum atomic E-state index is -3.82. The van der Waals surface area contributed by atoms with Gasteiger partial charge in [-0.15, -0.1) is 0 Å². The highest BCUT2D eigenvalue weighted by molar-refractivity contribution is 7.92. The molecule has 3 N–H and O–H groups in total. The fourth-order valence-corrected chi connectivity index (χ4v) is 5.89. The van der Waals surface area contributed by atoms with Crippen LogP contribution in [0.15, 0.2) is 47.4 Å². The molecule has 1 aromatic heterocycles. The zero-order valence-electron chi connectivity index (χ0n) is 22.0. The highest BCUT2D eigenvalue weighted by Gasteiger charge is 2.27. The number of aromatic nitrogens is 2. The van der Waals surface area contributed by atoms with Crippen molar-refractivity contribution in [1.82, 2.24) is 9.55 Å². The number of rotatable bonds is 7. The molecule has 0 bridgehead atoms. The fraction of sp³-hybridized carbons (Fsp3) is 0.481. The van der Waals surface area contributed by atoms with Crippen molar-refractivity contribution in [3.05, 3.63) is 48.3 Å². The number of hydrogen-bond donors (Lipinski definition) is 2. The summed E-state index contributed by atoms with van der Waals surface area (Å²) >= 11 is 0. The van der Waals surface area contributed by atoms with Crippen molar-refractivity contribution in [3.63, 3.8) is 0 Å². The highest BCUT2D eigenvalue weighted by Crippen LogP contribution is 2.32. The maximum Gasteiger partial charge on any atom is 0.264 e. The zero-order valence-corrected chi connectivity index (χ0v) is 22.8. The second-order valence-electron chi connectivity index (χ2n) is 10.6. The Balaban J connectivity index is 1.64. The summed E-state index contributed by atoms with van der Waals surface area (Å²) in [5, 5.41) is 2.61. The third kappa shape index (κ3) is 5.97. The van der Waals surface area contributed by atoms with Crippen molar-refractivity contribution >= 4 is 38.3 Å². The summed E-state index contributed by atoms with van der Waals surface area (Å²) in [4.78, 5) is 16.6. The van der Waals surface area contributed by atoms with Crippen LogP contribution in [0.3, 0.4) is 0 Å². The number of imidazole rings is 1. The van der Waals surface area contributed by atoms with Crippen molar-refractivity contribution in [1.29, 1.82) is 0 Å². The van der Waals surface area contributed by atoms with E-state index < -0.39 is 10.0 Å². The predicted octanol–water partition coefficient (Wildman–Crippen LogP) is 3.87. The first-order valence-electron chi connectivity index (χ1n) is 12.7. The average molecular weight is 528 g/mol. The smallest absolute Gasteiger partial charge is 0.264 e. The quantitative estimate of drug-likeness (QED) is 0.481. The summed E-state index contributed by atoms with van der Waals surface area (Å²) in [6.45, 7) is 8.78. The van der Waals surface area contributed by atoms with Gasteiger partial charge in [-0.2, -0.15) is 0 Å². The van der Waals surface area contributed by atoms with E-state index in [9.17, 15) is 13.2 Å². The molecule has 1 aliphatic rings. The molecule has 0 saturated carbocycles. The van der Waals surface area contributed by atoms with Crippen LogP contribution in [0.25, 0.3) is 11.0 Å². The number of sulfonamides is 1. The lowest BCUT2D eigenvalue weighted by molar-refractivity contribution is -0.114. The van der Waals surface area contributed by atoms with Crippen LogP contribution in [-0.2, 0) is 31.5 Å². The number of ether oxygens (including phenoxy) is 1. The van der Waals surface area contributed by atoms with Crippen LogP contribution < -0.4 is 15.4 Å². The number of carbonyl (C=O) groups excluding carboxylic acids is 1. The fourth-order valence-electron chi connectivity index (χ4n) is 4.70. The van der Waals surface area contributed by atoms with Gasteiger partial charge in [0.2, 0.25) is 5.91 Å².